The zero-order valence-electron chi connectivity index (χ0n) is 9.56. The minimum absolute atomic E-state index is 0.118. The second kappa shape index (κ2) is 5.78. The largest absolute Gasteiger partial charge is 0.308 e. The van der Waals surface area contributed by atoms with Crippen molar-refractivity contribution in [2.75, 3.05) is 0 Å². The van der Waals surface area contributed by atoms with E-state index < -0.39 is 11.6 Å². The topological polar surface area (TPSA) is 12.0 Å². The summed E-state index contributed by atoms with van der Waals surface area (Å²) < 4.78 is 26.1. The molecule has 1 aromatic rings. The third kappa shape index (κ3) is 3.39. The molecule has 0 heterocycles. The summed E-state index contributed by atoms with van der Waals surface area (Å²) in [5, 5.41) is 3.37. The fourth-order valence-corrected chi connectivity index (χ4v) is 2.59. The highest BCUT2D eigenvalue weighted by atomic mass is 35.5. The Balaban J connectivity index is 1.92. The van der Waals surface area contributed by atoms with Crippen LogP contribution in [0.5, 0.6) is 0 Å². The summed E-state index contributed by atoms with van der Waals surface area (Å²) in [6.45, 7) is 0.403. The van der Waals surface area contributed by atoms with Crippen LogP contribution in [-0.4, -0.2) is 11.4 Å². The number of hydrogen-bond acceptors (Lipinski definition) is 1. The molecule has 1 nitrogen and oxygen atoms in total. The Kier molecular flexibility index (Phi) is 4.35. The van der Waals surface area contributed by atoms with E-state index in [1.807, 2.05) is 0 Å². The highest BCUT2D eigenvalue weighted by Crippen LogP contribution is 2.23. The van der Waals surface area contributed by atoms with Gasteiger partial charge in [-0.05, 0) is 18.9 Å². The molecular formula is C13H16ClF2N. The number of halogens is 3. The lowest BCUT2D eigenvalue weighted by molar-refractivity contribution is 0.376. The van der Waals surface area contributed by atoms with E-state index in [0.717, 1.165) is 31.7 Å². The summed E-state index contributed by atoms with van der Waals surface area (Å²) in [5.41, 5.74) is 0.487. The standard InChI is InChI=1S/C13H16ClF2N/c14-11-3-1-2-4-13(11)17-8-9-5-6-10(15)7-12(9)16/h5-7,11,13,17H,1-4,8H2. The molecule has 1 saturated carbocycles. The quantitative estimate of drug-likeness (QED) is 0.818. The molecule has 1 aromatic carbocycles. The monoisotopic (exact) mass is 259 g/mol. The van der Waals surface area contributed by atoms with Crippen LogP contribution < -0.4 is 5.32 Å². The van der Waals surface area contributed by atoms with E-state index in [1.165, 1.54) is 12.1 Å². The van der Waals surface area contributed by atoms with Crippen LogP contribution in [0.25, 0.3) is 0 Å². The number of nitrogens with one attached hydrogen (secondary N) is 1. The fourth-order valence-electron chi connectivity index (χ4n) is 2.22. The van der Waals surface area contributed by atoms with Crippen LogP contribution in [-0.2, 0) is 6.54 Å². The summed E-state index contributed by atoms with van der Waals surface area (Å²) in [7, 11) is 0. The number of benzene rings is 1. The lowest BCUT2D eigenvalue weighted by Gasteiger charge is -2.28. The lowest BCUT2D eigenvalue weighted by atomic mass is 9.95. The van der Waals surface area contributed by atoms with Gasteiger partial charge in [-0.15, -0.1) is 11.6 Å². The van der Waals surface area contributed by atoms with Gasteiger partial charge in [0, 0.05) is 29.6 Å². The van der Waals surface area contributed by atoms with Gasteiger partial charge < -0.3 is 5.32 Å². The van der Waals surface area contributed by atoms with Crippen molar-refractivity contribution in [3.05, 3.63) is 35.4 Å². The van der Waals surface area contributed by atoms with E-state index in [9.17, 15) is 8.78 Å². The highest BCUT2D eigenvalue weighted by molar-refractivity contribution is 6.21. The summed E-state index contributed by atoms with van der Waals surface area (Å²) in [6.07, 6.45) is 4.35. The molecule has 0 aliphatic heterocycles. The Hall–Kier alpha value is -0.670. The predicted molar refractivity (Wildman–Crippen MR) is 65.1 cm³/mol. The molecule has 2 atom stereocenters. The Morgan fingerprint density at radius 1 is 1.24 bits per heavy atom. The molecule has 0 bridgehead atoms. The van der Waals surface area contributed by atoms with Crippen molar-refractivity contribution >= 4 is 11.6 Å². The van der Waals surface area contributed by atoms with Gasteiger partial charge in [-0.2, -0.15) is 0 Å². The van der Waals surface area contributed by atoms with Gasteiger partial charge >= 0.3 is 0 Å². The maximum atomic E-state index is 13.4. The molecule has 0 amide bonds. The van der Waals surface area contributed by atoms with Crippen LogP contribution in [0.4, 0.5) is 8.78 Å². The Morgan fingerprint density at radius 3 is 2.71 bits per heavy atom. The molecule has 1 aliphatic carbocycles. The van der Waals surface area contributed by atoms with Crippen molar-refractivity contribution in [2.45, 2.75) is 43.6 Å². The first-order valence-electron chi connectivity index (χ1n) is 5.98. The maximum absolute atomic E-state index is 13.4. The zero-order chi connectivity index (χ0) is 12.3. The normalized spacial score (nSPS) is 24.9. The fraction of sp³-hybridized carbons (Fsp3) is 0.538. The molecule has 2 rings (SSSR count). The van der Waals surface area contributed by atoms with Gasteiger partial charge in [0.05, 0.1) is 0 Å². The van der Waals surface area contributed by atoms with Crippen LogP contribution in [0.2, 0.25) is 0 Å². The van der Waals surface area contributed by atoms with Gasteiger partial charge in [0.25, 0.3) is 0 Å². The van der Waals surface area contributed by atoms with Crippen molar-refractivity contribution in [3.63, 3.8) is 0 Å². The molecule has 0 radical (unpaired) electrons. The average molecular weight is 260 g/mol. The van der Waals surface area contributed by atoms with E-state index in [-0.39, 0.29) is 11.4 Å². The van der Waals surface area contributed by atoms with Gasteiger partial charge in [0.2, 0.25) is 0 Å². The Bertz CT molecular complexity index is 384. The maximum Gasteiger partial charge on any atom is 0.130 e. The van der Waals surface area contributed by atoms with E-state index >= 15 is 0 Å². The molecule has 4 heteroatoms. The van der Waals surface area contributed by atoms with Crippen LogP contribution in [0.1, 0.15) is 31.2 Å². The molecule has 1 N–H and O–H groups in total. The van der Waals surface area contributed by atoms with Gasteiger partial charge in [-0.1, -0.05) is 18.9 Å². The minimum Gasteiger partial charge on any atom is -0.308 e. The van der Waals surface area contributed by atoms with E-state index in [2.05, 4.69) is 5.32 Å². The first-order valence-corrected chi connectivity index (χ1v) is 6.42. The van der Waals surface area contributed by atoms with Crippen molar-refractivity contribution in [1.29, 1.82) is 0 Å². The van der Waals surface area contributed by atoms with Crippen molar-refractivity contribution in [1.82, 2.24) is 5.32 Å². The molecule has 0 spiro atoms. The predicted octanol–water partition coefficient (Wildman–Crippen LogP) is 3.60. The first-order chi connectivity index (χ1) is 8.16. The van der Waals surface area contributed by atoms with Gasteiger partial charge in [-0.3, -0.25) is 0 Å². The van der Waals surface area contributed by atoms with Crippen molar-refractivity contribution in [3.8, 4) is 0 Å². The van der Waals surface area contributed by atoms with Crippen molar-refractivity contribution < 1.29 is 8.78 Å². The summed E-state index contributed by atoms with van der Waals surface area (Å²) >= 11 is 6.20. The first kappa shape index (κ1) is 12.8. The van der Waals surface area contributed by atoms with Crippen LogP contribution in [0.15, 0.2) is 18.2 Å². The Morgan fingerprint density at radius 2 is 2.00 bits per heavy atom. The van der Waals surface area contributed by atoms with Gasteiger partial charge in [-0.25, -0.2) is 8.78 Å². The van der Waals surface area contributed by atoms with Crippen LogP contribution >= 0.6 is 11.6 Å². The molecule has 2 unspecified atom stereocenters. The SMILES string of the molecule is Fc1ccc(CNC2CCCCC2Cl)c(F)c1. The van der Waals surface area contributed by atoms with Gasteiger partial charge in [0.15, 0.2) is 0 Å². The Labute approximate surface area is 105 Å². The highest BCUT2D eigenvalue weighted by Gasteiger charge is 2.22. The van der Waals surface area contributed by atoms with E-state index in [1.54, 1.807) is 0 Å². The molecular weight excluding hydrogens is 244 g/mol. The van der Waals surface area contributed by atoms with Crippen molar-refractivity contribution in [2.24, 2.45) is 0 Å². The smallest absolute Gasteiger partial charge is 0.130 e. The van der Waals surface area contributed by atoms with E-state index in [4.69, 9.17) is 11.6 Å². The molecule has 17 heavy (non-hydrogen) atoms. The van der Waals surface area contributed by atoms with Gasteiger partial charge in [0.1, 0.15) is 11.6 Å². The summed E-state index contributed by atoms with van der Waals surface area (Å²) in [6, 6.07) is 3.90. The van der Waals surface area contributed by atoms with Crippen LogP contribution in [0, 0.1) is 11.6 Å². The second-order valence-electron chi connectivity index (χ2n) is 4.52. The molecule has 0 aromatic heterocycles. The molecule has 94 valence electrons. The second-order valence-corrected chi connectivity index (χ2v) is 5.08. The number of alkyl halides is 1. The minimum atomic E-state index is -0.542. The summed E-state index contributed by atoms with van der Waals surface area (Å²) in [4.78, 5) is 0. The third-order valence-corrected chi connectivity index (χ3v) is 3.77. The molecule has 0 saturated heterocycles. The lowest BCUT2D eigenvalue weighted by Crippen LogP contribution is -2.39. The number of rotatable bonds is 3. The zero-order valence-corrected chi connectivity index (χ0v) is 10.3. The number of hydrogen-bond donors (Lipinski definition) is 1. The molecule has 1 aliphatic rings. The van der Waals surface area contributed by atoms with Crippen LogP contribution in [0.3, 0.4) is 0 Å². The van der Waals surface area contributed by atoms with E-state index in [0.29, 0.717) is 12.1 Å². The molecule has 1 fully saturated rings. The summed E-state index contributed by atoms with van der Waals surface area (Å²) in [5.74, 6) is -1.04. The third-order valence-electron chi connectivity index (χ3n) is 3.25. The average Bonchev–Trinajstić information content (AvgIpc) is 2.30.